The van der Waals surface area contributed by atoms with E-state index >= 15 is 0 Å². The molecule has 0 saturated carbocycles. The van der Waals surface area contributed by atoms with E-state index in [0.29, 0.717) is 0 Å². The summed E-state index contributed by atoms with van der Waals surface area (Å²) >= 11 is 0. The maximum absolute atomic E-state index is 5.76. The molecule has 0 bridgehead atoms. The molecule has 0 radical (unpaired) electrons. The van der Waals surface area contributed by atoms with Crippen LogP contribution in [0.25, 0.3) is 137 Å². The summed E-state index contributed by atoms with van der Waals surface area (Å²) in [4.78, 5) is 5.76. The summed E-state index contributed by atoms with van der Waals surface area (Å²) in [5.41, 5.74) is 14.1. The Morgan fingerprint density at radius 2 is 0.932 bits per heavy atom. The van der Waals surface area contributed by atoms with E-state index in [1.54, 1.807) is 0 Å². The molecular formula is C55H30N4. The lowest BCUT2D eigenvalue weighted by atomic mass is 9.93. The molecule has 0 N–H and O–H groups in total. The van der Waals surface area contributed by atoms with Gasteiger partial charge in [0.1, 0.15) is 5.65 Å². The molecule has 0 aliphatic carbocycles. The summed E-state index contributed by atoms with van der Waals surface area (Å²) in [5, 5.41) is 16.1. The van der Waals surface area contributed by atoms with Crippen molar-refractivity contribution in [1.29, 1.82) is 0 Å². The van der Waals surface area contributed by atoms with Crippen LogP contribution in [0.5, 0.6) is 0 Å². The zero-order chi connectivity index (χ0) is 38.1. The van der Waals surface area contributed by atoms with Crippen molar-refractivity contribution in [2.24, 2.45) is 0 Å². The quantitative estimate of drug-likeness (QED) is 0.173. The molecule has 6 heterocycles. The normalized spacial score (nSPS) is 12.7. The smallest absolute Gasteiger partial charge is 0.146 e. The summed E-state index contributed by atoms with van der Waals surface area (Å²) in [5.74, 6) is 0. The minimum Gasteiger partial charge on any atom is -0.309 e. The van der Waals surface area contributed by atoms with Crippen molar-refractivity contribution >= 4 is 120 Å². The molecule has 0 amide bonds. The number of nitrogens with zero attached hydrogens (tertiary/aromatic N) is 4. The van der Waals surface area contributed by atoms with Gasteiger partial charge >= 0.3 is 0 Å². The molecular weight excluding hydrogens is 717 g/mol. The molecule has 15 rings (SSSR count). The first-order chi connectivity index (χ1) is 29.3. The molecule has 0 atom stereocenters. The van der Waals surface area contributed by atoms with Crippen LogP contribution >= 0.6 is 0 Å². The maximum Gasteiger partial charge on any atom is 0.146 e. The number of pyridine rings is 1. The van der Waals surface area contributed by atoms with Gasteiger partial charge in [0.05, 0.1) is 44.1 Å². The van der Waals surface area contributed by atoms with Gasteiger partial charge in [-0.25, -0.2) is 4.98 Å². The van der Waals surface area contributed by atoms with Crippen molar-refractivity contribution in [2.75, 3.05) is 0 Å². The van der Waals surface area contributed by atoms with Gasteiger partial charge in [0.2, 0.25) is 0 Å². The molecule has 15 aromatic rings. The maximum atomic E-state index is 5.76. The average molecular weight is 747 g/mol. The summed E-state index contributed by atoms with van der Waals surface area (Å²) in [6.07, 6.45) is 0. The van der Waals surface area contributed by atoms with Crippen molar-refractivity contribution in [3.8, 4) is 16.8 Å². The fourth-order valence-electron chi connectivity index (χ4n) is 11.0. The number of aromatic nitrogens is 4. The van der Waals surface area contributed by atoms with Crippen LogP contribution in [0, 0.1) is 0 Å². The molecule has 0 unspecified atom stereocenters. The fraction of sp³-hybridized carbons (Fsp3) is 0. The van der Waals surface area contributed by atoms with Gasteiger partial charge in [-0.1, -0.05) is 127 Å². The predicted octanol–water partition coefficient (Wildman–Crippen LogP) is 14.5. The first-order valence-corrected chi connectivity index (χ1v) is 20.4. The van der Waals surface area contributed by atoms with E-state index in [-0.39, 0.29) is 0 Å². The number of hydrogen-bond acceptors (Lipinski definition) is 1. The van der Waals surface area contributed by atoms with E-state index in [1.165, 1.54) is 114 Å². The van der Waals surface area contributed by atoms with Gasteiger partial charge in [0.15, 0.2) is 0 Å². The minimum absolute atomic E-state index is 1.00. The van der Waals surface area contributed by atoms with Crippen molar-refractivity contribution in [3.05, 3.63) is 182 Å². The minimum atomic E-state index is 1.00. The van der Waals surface area contributed by atoms with E-state index in [0.717, 1.165) is 22.4 Å². The second-order valence-electron chi connectivity index (χ2n) is 16.3. The number of hydrogen-bond donors (Lipinski definition) is 0. The number of benzene rings is 9. The third kappa shape index (κ3) is 3.65. The van der Waals surface area contributed by atoms with Crippen LogP contribution < -0.4 is 0 Å². The molecule has 4 nitrogen and oxygen atoms in total. The van der Waals surface area contributed by atoms with Crippen LogP contribution in [0.4, 0.5) is 0 Å². The van der Waals surface area contributed by atoms with Crippen LogP contribution in [-0.2, 0) is 0 Å². The molecule has 270 valence electrons. The highest BCUT2D eigenvalue weighted by Gasteiger charge is 2.26. The molecule has 59 heavy (non-hydrogen) atoms. The van der Waals surface area contributed by atoms with Crippen molar-refractivity contribution in [3.63, 3.8) is 0 Å². The van der Waals surface area contributed by atoms with Gasteiger partial charge in [-0.2, -0.15) is 0 Å². The van der Waals surface area contributed by atoms with Gasteiger partial charge < -0.3 is 8.97 Å². The second-order valence-corrected chi connectivity index (χ2v) is 16.3. The first-order valence-electron chi connectivity index (χ1n) is 20.4. The standard InChI is InChI=1S/C55H30N4/c1-2-15-35(16-3-1)57-46-23-9-8-18-37(46)42-28-34(24-25-47(42)57)50-36-17-7-6-14-33(36)27-44-39-20-10-21-40-45-30-49-51(56-55(45)59(52(39)40)54(44)50)41-22-11-19-38-43-26-31-12-4-5-13-32(31)29-48(43)58(49)53(38)41/h1-30H. The van der Waals surface area contributed by atoms with Crippen molar-refractivity contribution < 1.29 is 0 Å². The Labute approximate surface area is 335 Å². The zero-order valence-electron chi connectivity index (χ0n) is 31.6. The highest BCUT2D eigenvalue weighted by molar-refractivity contribution is 6.30. The predicted molar refractivity (Wildman–Crippen MR) is 248 cm³/mol. The number of rotatable bonds is 2. The van der Waals surface area contributed by atoms with Gasteiger partial charge in [-0.3, -0.25) is 4.40 Å². The highest BCUT2D eigenvalue weighted by atomic mass is 15.0. The lowest BCUT2D eigenvalue weighted by molar-refractivity contribution is 1.18. The first kappa shape index (κ1) is 30.2. The summed E-state index contributed by atoms with van der Waals surface area (Å²) in [6, 6.07) is 67.3. The Hall–Kier alpha value is -7.95. The monoisotopic (exact) mass is 746 g/mol. The number of fused-ring (bicyclic) bond motifs is 17. The molecule has 9 aromatic carbocycles. The van der Waals surface area contributed by atoms with Gasteiger partial charge in [0.25, 0.3) is 0 Å². The average Bonchev–Trinajstić information content (AvgIpc) is 4.07. The summed E-state index contributed by atoms with van der Waals surface area (Å²) in [7, 11) is 0. The summed E-state index contributed by atoms with van der Waals surface area (Å²) in [6.45, 7) is 0. The lowest BCUT2D eigenvalue weighted by Gasteiger charge is -2.12. The Bertz CT molecular complexity index is 4300. The molecule has 0 fully saturated rings. The molecule has 0 aliphatic heterocycles. The molecule has 4 heteroatoms. The van der Waals surface area contributed by atoms with Crippen LogP contribution in [0.15, 0.2) is 182 Å². The van der Waals surface area contributed by atoms with Crippen LogP contribution in [0.2, 0.25) is 0 Å². The Morgan fingerprint density at radius 3 is 1.78 bits per heavy atom. The summed E-state index contributed by atoms with van der Waals surface area (Å²) < 4.78 is 7.36. The Morgan fingerprint density at radius 1 is 0.322 bits per heavy atom. The van der Waals surface area contributed by atoms with E-state index in [4.69, 9.17) is 4.98 Å². The van der Waals surface area contributed by atoms with Gasteiger partial charge in [-0.15, -0.1) is 0 Å². The molecule has 0 saturated heterocycles. The Balaban J connectivity index is 1.10. The number of para-hydroxylation sites is 4. The van der Waals surface area contributed by atoms with Crippen molar-refractivity contribution in [2.45, 2.75) is 0 Å². The van der Waals surface area contributed by atoms with Crippen molar-refractivity contribution in [1.82, 2.24) is 18.4 Å². The largest absolute Gasteiger partial charge is 0.309 e. The van der Waals surface area contributed by atoms with E-state index in [2.05, 4.69) is 195 Å². The molecule has 6 aromatic heterocycles. The molecule has 0 aliphatic rings. The van der Waals surface area contributed by atoms with E-state index < -0.39 is 0 Å². The third-order valence-corrected chi connectivity index (χ3v) is 13.4. The van der Waals surface area contributed by atoms with Crippen LogP contribution in [0.1, 0.15) is 0 Å². The highest BCUT2D eigenvalue weighted by Crippen LogP contribution is 2.48. The van der Waals surface area contributed by atoms with Gasteiger partial charge in [0, 0.05) is 59.7 Å². The third-order valence-electron chi connectivity index (χ3n) is 13.4. The van der Waals surface area contributed by atoms with Gasteiger partial charge in [-0.05, 0) is 81.7 Å². The van der Waals surface area contributed by atoms with Crippen LogP contribution in [-0.4, -0.2) is 18.4 Å². The SMILES string of the molecule is c1ccc(-n2c3ccccc3c3cc(-c4c5ccccc5cc5c6cccc7c8cc9c(nc8n(c45)c76)c4cccc5c6cc7ccccc7cc6n9c54)ccc32)cc1. The fourth-order valence-corrected chi connectivity index (χ4v) is 11.0. The Kier molecular flexibility index (Phi) is 5.38. The van der Waals surface area contributed by atoms with E-state index in [9.17, 15) is 0 Å². The van der Waals surface area contributed by atoms with E-state index in [1.807, 2.05) is 0 Å². The topological polar surface area (TPSA) is 26.6 Å². The molecule has 0 spiro atoms. The second kappa shape index (κ2) is 10.5. The van der Waals surface area contributed by atoms with Crippen LogP contribution in [0.3, 0.4) is 0 Å². The zero-order valence-corrected chi connectivity index (χ0v) is 31.6. The lowest BCUT2D eigenvalue weighted by Crippen LogP contribution is -1.93.